The molecule has 0 aromatic heterocycles. The third kappa shape index (κ3) is 8.67. The van der Waals surface area contributed by atoms with Crippen LogP contribution in [0.5, 0.6) is 0 Å². The highest BCUT2D eigenvalue weighted by Gasteiger charge is 2.36. The highest BCUT2D eigenvalue weighted by Crippen LogP contribution is 2.31. The molecule has 2 aromatic carbocycles. The van der Waals surface area contributed by atoms with Crippen molar-refractivity contribution in [2.45, 2.75) is 30.1 Å². The summed E-state index contributed by atoms with van der Waals surface area (Å²) in [7, 11) is -11.7. The summed E-state index contributed by atoms with van der Waals surface area (Å²) in [5, 5.41) is 0.152. The van der Waals surface area contributed by atoms with Crippen LogP contribution in [0, 0.1) is 83.4 Å². The summed E-state index contributed by atoms with van der Waals surface area (Å²) in [6.45, 7) is 5.21. The molecule has 9 nitrogen and oxygen atoms in total. The zero-order valence-corrected chi connectivity index (χ0v) is 26.6. The number of sulfonamides is 3. The van der Waals surface area contributed by atoms with E-state index in [1.54, 1.807) is 81.3 Å². The number of hydrogen-bond acceptors (Lipinski definition) is 6. The molecule has 1 saturated heterocycles. The van der Waals surface area contributed by atoms with E-state index in [-0.39, 0.29) is 54.2 Å². The monoisotopic (exact) mass is 642 g/mol. The van der Waals surface area contributed by atoms with Crippen LogP contribution in [0.3, 0.4) is 0 Å². The van der Waals surface area contributed by atoms with E-state index in [1.807, 2.05) is 13.8 Å². The van der Waals surface area contributed by atoms with E-state index in [1.165, 1.54) is 44.4 Å². The maximum absolute atomic E-state index is 13.5. The summed E-state index contributed by atoms with van der Waals surface area (Å²) in [5.41, 5.74) is 1.84. The Morgan fingerprint density at radius 1 is 0.535 bits per heavy atom. The van der Waals surface area contributed by atoms with E-state index in [0.29, 0.717) is 0 Å². The lowest BCUT2D eigenvalue weighted by Gasteiger charge is -2.26. The first kappa shape index (κ1) is 34.1. The van der Waals surface area contributed by atoms with Gasteiger partial charge in [0.05, 0.1) is 9.79 Å². The average molecular weight is 643 g/mol. The molecule has 11 radical (unpaired) electrons. The predicted molar refractivity (Wildman–Crippen MR) is 166 cm³/mol. The van der Waals surface area contributed by atoms with Crippen molar-refractivity contribution in [3.8, 4) is 0 Å². The van der Waals surface area contributed by atoms with Gasteiger partial charge in [0.25, 0.3) is 0 Å². The molecule has 0 spiro atoms. The zero-order chi connectivity index (χ0) is 31.1. The van der Waals surface area contributed by atoms with Crippen molar-refractivity contribution in [3.63, 3.8) is 0 Å². The summed E-state index contributed by atoms with van der Waals surface area (Å²) in [4.78, 5) is 0.243. The molecule has 1 aliphatic heterocycles. The Morgan fingerprint density at radius 2 is 1.00 bits per heavy atom. The Hall–Kier alpha value is -1.83. The van der Waals surface area contributed by atoms with E-state index in [0.717, 1.165) is 11.1 Å². The highest BCUT2D eigenvalue weighted by atomic mass is 32.2. The SMILES string of the molecule is Cc1ccc(S(=O)(=O)N2[CH][CH]CCN(S(=O)(=O)[C]3[CH][CH][CH][CH]3)C[CH][CH]CN(S(=O)(=O)c3ccc(C)cc3)C[CH][CH]C2)cc1. The van der Waals surface area contributed by atoms with Crippen molar-refractivity contribution in [1.82, 2.24) is 12.9 Å². The molecule has 1 aliphatic carbocycles. The summed E-state index contributed by atoms with van der Waals surface area (Å²) in [6.07, 6.45) is 14.7. The molecule has 43 heavy (non-hydrogen) atoms. The molecule has 2 aliphatic rings. The molecule has 0 bridgehead atoms. The normalized spacial score (nSPS) is 20.9. The number of hydrogen-bond donors (Lipinski definition) is 0. The lowest BCUT2D eigenvalue weighted by molar-refractivity contribution is 0.429. The highest BCUT2D eigenvalue weighted by molar-refractivity contribution is 7.92. The predicted octanol–water partition coefficient (Wildman–Crippen LogP) is 3.57. The fourth-order valence-corrected chi connectivity index (χ4v) is 8.42. The summed E-state index contributed by atoms with van der Waals surface area (Å²) in [6, 6.07) is 13.0. The standard InChI is InChI=1S/C31H36N3O6S3/c1-27-13-17-30(18-14-27)42(37,38)33-23-7-5-21-32(41(35,36)29-11-3-4-12-29)22-6-8-24-34(26-10-9-25-33)43(39,40)31-19-15-28(2)16-20-31/h3-5,7-20,24H,6,21-23,25-26H2,1-2H3. The van der Waals surface area contributed by atoms with Crippen molar-refractivity contribution in [2.24, 2.45) is 0 Å². The van der Waals surface area contributed by atoms with Crippen LogP contribution in [0.2, 0.25) is 0 Å². The van der Waals surface area contributed by atoms with Gasteiger partial charge in [-0.25, -0.2) is 29.6 Å². The molecular weight excluding hydrogens is 607 g/mol. The first-order chi connectivity index (χ1) is 20.4. The lowest BCUT2D eigenvalue weighted by Crippen LogP contribution is -2.37. The molecule has 1 saturated carbocycles. The molecule has 0 N–H and O–H groups in total. The topological polar surface area (TPSA) is 112 Å². The van der Waals surface area contributed by atoms with Gasteiger partial charge >= 0.3 is 0 Å². The Morgan fingerprint density at radius 3 is 1.53 bits per heavy atom. The molecule has 0 atom stereocenters. The summed E-state index contributed by atoms with van der Waals surface area (Å²) in [5.74, 6) is 0. The summed E-state index contributed by atoms with van der Waals surface area (Å²) >= 11 is 0. The molecule has 2 aromatic rings. The van der Waals surface area contributed by atoms with Crippen LogP contribution in [0.4, 0.5) is 0 Å². The third-order valence-corrected chi connectivity index (χ3v) is 12.4. The number of aryl methyl sites for hydroxylation is 2. The minimum atomic E-state index is -3.94. The Labute approximate surface area is 259 Å². The lowest BCUT2D eigenvalue weighted by atomic mass is 10.2. The van der Waals surface area contributed by atoms with E-state index in [2.05, 4.69) is 0 Å². The number of rotatable bonds is 6. The minimum absolute atomic E-state index is 0.00551. The van der Waals surface area contributed by atoms with Crippen molar-refractivity contribution >= 4 is 30.1 Å². The van der Waals surface area contributed by atoms with Gasteiger partial charge in [0.15, 0.2) is 0 Å². The van der Waals surface area contributed by atoms with Gasteiger partial charge in [-0.2, -0.15) is 8.61 Å². The molecule has 12 heteroatoms. The van der Waals surface area contributed by atoms with Crippen LogP contribution in [0.15, 0.2) is 58.3 Å². The van der Waals surface area contributed by atoms with Gasteiger partial charge in [-0.15, -0.1) is 0 Å². The van der Waals surface area contributed by atoms with E-state index in [9.17, 15) is 25.3 Å². The van der Waals surface area contributed by atoms with Gasteiger partial charge in [-0.1, -0.05) is 35.4 Å². The average Bonchev–Trinajstić information content (AvgIpc) is 3.52. The summed E-state index contributed by atoms with van der Waals surface area (Å²) < 4.78 is 84.6. The Bertz CT molecular complexity index is 1410. The van der Waals surface area contributed by atoms with Gasteiger partial charge < -0.3 is 0 Å². The third-order valence-electron chi connectivity index (χ3n) is 6.92. The Kier molecular flexibility index (Phi) is 11.9. The number of benzene rings is 2. The van der Waals surface area contributed by atoms with Crippen molar-refractivity contribution in [1.29, 1.82) is 0 Å². The second kappa shape index (κ2) is 15.0. The molecule has 2 fully saturated rings. The fraction of sp³-hybridized carbons (Fsp3) is 0.258. The van der Waals surface area contributed by atoms with Gasteiger partial charge in [0.1, 0.15) is 5.25 Å². The van der Waals surface area contributed by atoms with Crippen LogP contribution in [0.1, 0.15) is 17.5 Å². The maximum atomic E-state index is 13.5. The van der Waals surface area contributed by atoms with Gasteiger partial charge in [0, 0.05) is 39.3 Å². The van der Waals surface area contributed by atoms with Gasteiger partial charge in [-0.05, 0) is 102 Å². The first-order valence-corrected chi connectivity index (χ1v) is 18.1. The van der Waals surface area contributed by atoms with Gasteiger partial charge in [0.2, 0.25) is 30.1 Å². The largest absolute Gasteiger partial charge is 0.243 e. The molecule has 4 rings (SSSR count). The van der Waals surface area contributed by atoms with Crippen LogP contribution in [0.25, 0.3) is 0 Å². The van der Waals surface area contributed by atoms with Crippen molar-refractivity contribution in [3.05, 3.63) is 129 Å². The van der Waals surface area contributed by atoms with E-state index >= 15 is 0 Å². The zero-order valence-electron chi connectivity index (χ0n) is 24.2. The second-order valence-electron chi connectivity index (χ2n) is 10.1. The fourth-order valence-electron chi connectivity index (χ4n) is 4.37. The second-order valence-corrected chi connectivity index (χ2v) is 15.9. The first-order valence-electron chi connectivity index (χ1n) is 13.8. The van der Waals surface area contributed by atoms with Crippen LogP contribution in [-0.4, -0.2) is 70.9 Å². The molecule has 0 unspecified atom stereocenters. The molecule has 0 amide bonds. The van der Waals surface area contributed by atoms with Gasteiger partial charge in [-0.3, -0.25) is 0 Å². The molecule has 1 heterocycles. The number of nitrogens with zero attached hydrogens (tertiary/aromatic N) is 3. The van der Waals surface area contributed by atoms with E-state index < -0.39 is 30.1 Å². The van der Waals surface area contributed by atoms with E-state index in [4.69, 9.17) is 0 Å². The van der Waals surface area contributed by atoms with Crippen LogP contribution < -0.4 is 0 Å². The maximum Gasteiger partial charge on any atom is 0.243 e. The molecular formula is C31H36N3O6S3. The van der Waals surface area contributed by atoms with Crippen molar-refractivity contribution < 1.29 is 25.3 Å². The Balaban J connectivity index is 1.58. The quantitative estimate of drug-likeness (QED) is 0.477. The minimum Gasteiger partial charge on any atom is -0.212 e. The smallest absolute Gasteiger partial charge is 0.212 e. The molecule has 229 valence electrons. The van der Waals surface area contributed by atoms with Crippen LogP contribution >= 0.6 is 0 Å². The van der Waals surface area contributed by atoms with Crippen LogP contribution in [-0.2, 0) is 30.1 Å². The van der Waals surface area contributed by atoms with Crippen molar-refractivity contribution in [2.75, 3.05) is 32.7 Å².